The van der Waals surface area contributed by atoms with Gasteiger partial charge in [-0.15, -0.1) is 0 Å². The van der Waals surface area contributed by atoms with Crippen LogP contribution in [0.4, 0.5) is 24.5 Å². The van der Waals surface area contributed by atoms with Crippen LogP contribution in [-0.4, -0.2) is 19.6 Å². The molecule has 4 nitrogen and oxygen atoms in total. The summed E-state index contributed by atoms with van der Waals surface area (Å²) in [5.74, 6) is 0.246. The molecule has 0 fully saturated rings. The van der Waals surface area contributed by atoms with Crippen LogP contribution < -0.4 is 15.4 Å². The molecule has 140 valence electrons. The van der Waals surface area contributed by atoms with Crippen LogP contribution in [0, 0.1) is 6.92 Å². The minimum absolute atomic E-state index is 0.0705. The minimum Gasteiger partial charge on any atom is -0.495 e. The molecule has 0 aliphatic rings. The monoisotopic (exact) mass is 386 g/mol. The molecule has 26 heavy (non-hydrogen) atoms. The second-order valence-corrected chi connectivity index (χ2v) is 6.03. The molecule has 0 aromatic heterocycles. The Labute approximate surface area is 154 Å². The van der Waals surface area contributed by atoms with Gasteiger partial charge in [-0.05, 0) is 42.8 Å². The lowest BCUT2D eigenvalue weighted by molar-refractivity contribution is -0.137. The molecule has 0 unspecified atom stereocenters. The molecular weight excluding hydrogens is 369 g/mol. The number of rotatable bonds is 6. The van der Waals surface area contributed by atoms with Gasteiger partial charge in [0.15, 0.2) is 0 Å². The highest BCUT2D eigenvalue weighted by Crippen LogP contribution is 2.36. The lowest BCUT2D eigenvalue weighted by atomic mass is 10.2. The average molecular weight is 387 g/mol. The largest absolute Gasteiger partial charge is 0.495 e. The second-order valence-electron chi connectivity index (χ2n) is 5.62. The molecular formula is C18H18ClF3N2O2. The summed E-state index contributed by atoms with van der Waals surface area (Å²) in [5, 5.41) is 5.15. The highest BCUT2D eigenvalue weighted by molar-refractivity contribution is 6.31. The van der Waals surface area contributed by atoms with Crippen molar-refractivity contribution in [3.8, 4) is 5.75 Å². The van der Waals surface area contributed by atoms with Gasteiger partial charge in [0.1, 0.15) is 5.75 Å². The number of benzene rings is 2. The van der Waals surface area contributed by atoms with Gasteiger partial charge in [-0.3, -0.25) is 4.79 Å². The average Bonchev–Trinajstić information content (AvgIpc) is 2.55. The standard InChI is InChI=1S/C18H18ClF3N2O2/c1-11-3-6-16(26-2)15(9-11)24-17(25)7-8-23-12-4-5-14(19)13(10-12)18(20,21)22/h3-6,9-10,23H,7-8H2,1-2H3,(H,24,25). The summed E-state index contributed by atoms with van der Waals surface area (Å²) >= 11 is 5.57. The number of alkyl halides is 3. The Morgan fingerprint density at radius 1 is 1.19 bits per heavy atom. The normalized spacial score (nSPS) is 11.2. The molecule has 0 saturated carbocycles. The number of nitrogens with one attached hydrogen (secondary N) is 2. The molecule has 2 aromatic rings. The lowest BCUT2D eigenvalue weighted by Gasteiger charge is -2.13. The van der Waals surface area contributed by atoms with Gasteiger partial charge in [0, 0.05) is 18.7 Å². The summed E-state index contributed by atoms with van der Waals surface area (Å²) < 4.78 is 43.7. The third kappa shape index (κ3) is 5.29. The van der Waals surface area contributed by atoms with Crippen LogP contribution >= 0.6 is 11.6 Å². The number of ether oxygens (including phenoxy) is 1. The van der Waals surface area contributed by atoms with Crippen LogP contribution in [-0.2, 0) is 11.0 Å². The Balaban J connectivity index is 1.94. The lowest BCUT2D eigenvalue weighted by Crippen LogP contribution is -2.17. The van der Waals surface area contributed by atoms with Crippen molar-refractivity contribution in [2.75, 3.05) is 24.3 Å². The summed E-state index contributed by atoms with van der Waals surface area (Å²) in [5.41, 5.74) is 0.823. The van der Waals surface area contributed by atoms with Crippen LogP contribution in [0.2, 0.25) is 5.02 Å². The summed E-state index contributed by atoms with van der Waals surface area (Å²) in [6.45, 7) is 2.05. The molecule has 0 saturated heterocycles. The molecule has 2 aromatic carbocycles. The first-order valence-corrected chi connectivity index (χ1v) is 8.13. The third-order valence-corrected chi connectivity index (χ3v) is 3.91. The van der Waals surface area contributed by atoms with Crippen LogP contribution in [0.25, 0.3) is 0 Å². The number of anilines is 2. The molecule has 0 atom stereocenters. The van der Waals surface area contributed by atoms with Crippen LogP contribution in [0.3, 0.4) is 0 Å². The summed E-state index contributed by atoms with van der Waals surface area (Å²) in [7, 11) is 1.50. The molecule has 2 rings (SSSR count). The van der Waals surface area contributed by atoms with Gasteiger partial charge in [0.2, 0.25) is 5.91 Å². The van der Waals surface area contributed by atoms with Crippen molar-refractivity contribution in [1.82, 2.24) is 0 Å². The summed E-state index contributed by atoms with van der Waals surface area (Å²) in [4.78, 5) is 12.1. The molecule has 0 aliphatic heterocycles. The third-order valence-electron chi connectivity index (χ3n) is 3.58. The molecule has 0 spiro atoms. The van der Waals surface area contributed by atoms with Gasteiger partial charge in [-0.1, -0.05) is 17.7 Å². The maximum Gasteiger partial charge on any atom is 0.417 e. The Kier molecular flexibility index (Phi) is 6.37. The number of amides is 1. The Morgan fingerprint density at radius 3 is 2.58 bits per heavy atom. The maximum absolute atomic E-state index is 12.8. The number of carbonyl (C=O) groups excluding carboxylic acids is 1. The van der Waals surface area contributed by atoms with Crippen LogP contribution in [0.5, 0.6) is 5.75 Å². The van der Waals surface area contributed by atoms with E-state index >= 15 is 0 Å². The Hall–Kier alpha value is -2.41. The molecule has 1 amide bonds. The van der Waals surface area contributed by atoms with E-state index in [1.807, 2.05) is 13.0 Å². The topological polar surface area (TPSA) is 50.4 Å². The number of hydrogen-bond donors (Lipinski definition) is 2. The first kappa shape index (κ1) is 19.9. The van der Waals surface area contributed by atoms with E-state index in [2.05, 4.69) is 10.6 Å². The van der Waals surface area contributed by atoms with Gasteiger partial charge in [-0.25, -0.2) is 0 Å². The van der Waals surface area contributed by atoms with E-state index in [1.165, 1.54) is 19.2 Å². The second kappa shape index (κ2) is 8.31. The fourth-order valence-electron chi connectivity index (χ4n) is 2.31. The first-order valence-electron chi connectivity index (χ1n) is 7.76. The van der Waals surface area contributed by atoms with Crippen molar-refractivity contribution < 1.29 is 22.7 Å². The first-order chi connectivity index (χ1) is 12.2. The van der Waals surface area contributed by atoms with Gasteiger partial charge in [0.05, 0.1) is 23.4 Å². The number of halogens is 4. The van der Waals surface area contributed by atoms with Gasteiger partial charge in [0.25, 0.3) is 0 Å². The summed E-state index contributed by atoms with van der Waals surface area (Å²) in [6.07, 6.45) is -4.46. The van der Waals surface area contributed by atoms with E-state index in [0.29, 0.717) is 11.4 Å². The van der Waals surface area contributed by atoms with Crippen molar-refractivity contribution in [3.63, 3.8) is 0 Å². The minimum atomic E-state index is -4.53. The predicted molar refractivity (Wildman–Crippen MR) is 95.9 cm³/mol. The smallest absolute Gasteiger partial charge is 0.417 e. The van der Waals surface area contributed by atoms with Crippen molar-refractivity contribution in [3.05, 3.63) is 52.5 Å². The van der Waals surface area contributed by atoms with E-state index in [1.54, 1.807) is 12.1 Å². The summed E-state index contributed by atoms with van der Waals surface area (Å²) in [6, 6.07) is 8.90. The van der Waals surface area contributed by atoms with Gasteiger partial charge >= 0.3 is 6.18 Å². The zero-order valence-electron chi connectivity index (χ0n) is 14.2. The fourth-order valence-corrected chi connectivity index (χ4v) is 2.53. The zero-order chi connectivity index (χ0) is 19.3. The number of carbonyl (C=O) groups is 1. The molecule has 0 aliphatic carbocycles. The van der Waals surface area contributed by atoms with E-state index in [0.717, 1.165) is 11.6 Å². The van der Waals surface area contributed by atoms with Crippen molar-refractivity contribution in [2.45, 2.75) is 19.5 Å². The number of hydrogen-bond acceptors (Lipinski definition) is 3. The number of methoxy groups -OCH3 is 1. The maximum atomic E-state index is 12.8. The number of aryl methyl sites for hydroxylation is 1. The Morgan fingerprint density at radius 2 is 1.92 bits per heavy atom. The SMILES string of the molecule is COc1ccc(C)cc1NC(=O)CCNc1ccc(Cl)c(C(F)(F)F)c1. The molecule has 8 heteroatoms. The quantitative estimate of drug-likeness (QED) is 0.724. The molecule has 0 radical (unpaired) electrons. The van der Waals surface area contributed by atoms with Crippen LogP contribution in [0.15, 0.2) is 36.4 Å². The molecule has 0 heterocycles. The van der Waals surface area contributed by atoms with Crippen molar-refractivity contribution >= 4 is 28.9 Å². The van der Waals surface area contributed by atoms with E-state index in [9.17, 15) is 18.0 Å². The van der Waals surface area contributed by atoms with Crippen molar-refractivity contribution in [1.29, 1.82) is 0 Å². The van der Waals surface area contributed by atoms with Gasteiger partial charge < -0.3 is 15.4 Å². The highest BCUT2D eigenvalue weighted by Gasteiger charge is 2.33. The predicted octanol–water partition coefficient (Wildman–Crippen LogP) is 5.12. The highest BCUT2D eigenvalue weighted by atomic mass is 35.5. The zero-order valence-corrected chi connectivity index (χ0v) is 15.0. The Bertz CT molecular complexity index is 794. The molecule has 2 N–H and O–H groups in total. The van der Waals surface area contributed by atoms with E-state index in [-0.39, 0.29) is 29.6 Å². The van der Waals surface area contributed by atoms with E-state index < -0.39 is 11.7 Å². The molecule has 0 bridgehead atoms. The van der Waals surface area contributed by atoms with Crippen LogP contribution in [0.1, 0.15) is 17.5 Å². The van der Waals surface area contributed by atoms with Gasteiger partial charge in [-0.2, -0.15) is 13.2 Å². The fraction of sp³-hybridized carbons (Fsp3) is 0.278. The van der Waals surface area contributed by atoms with Crippen molar-refractivity contribution in [2.24, 2.45) is 0 Å². The van der Waals surface area contributed by atoms with E-state index in [4.69, 9.17) is 16.3 Å².